The zero-order valence-corrected chi connectivity index (χ0v) is 13.1. The zero-order chi connectivity index (χ0) is 15.0. The second-order valence-electron chi connectivity index (χ2n) is 4.43. The van der Waals surface area contributed by atoms with E-state index in [1.165, 1.54) is 7.11 Å². The van der Waals surface area contributed by atoms with E-state index in [0.717, 1.165) is 17.7 Å². The predicted octanol–water partition coefficient (Wildman–Crippen LogP) is 2.77. The molecule has 2 N–H and O–H groups in total. The van der Waals surface area contributed by atoms with Gasteiger partial charge in [-0.05, 0) is 12.5 Å². The number of carbonyl (C=O) groups is 1. The van der Waals surface area contributed by atoms with Crippen LogP contribution in [0.3, 0.4) is 0 Å². The van der Waals surface area contributed by atoms with Gasteiger partial charge in [-0.25, -0.2) is 0 Å². The Morgan fingerprint density at radius 1 is 1.35 bits per heavy atom. The first-order valence-electron chi connectivity index (χ1n) is 6.70. The maximum Gasteiger partial charge on any atom is 0.306 e. The highest BCUT2D eigenvalue weighted by molar-refractivity contribution is 7.99. The molecule has 20 heavy (non-hydrogen) atoms. The van der Waals surface area contributed by atoms with Crippen molar-refractivity contribution in [3.8, 4) is 5.75 Å². The monoisotopic (exact) mass is 297 g/mol. The van der Waals surface area contributed by atoms with Gasteiger partial charge in [0.2, 0.25) is 0 Å². The lowest BCUT2D eigenvalue weighted by atomic mass is 10.0. The van der Waals surface area contributed by atoms with Crippen molar-refractivity contribution >= 4 is 17.7 Å². The lowest BCUT2D eigenvalue weighted by molar-refractivity contribution is -0.140. The molecule has 0 aromatic heterocycles. The molecule has 2 unspecified atom stereocenters. The van der Waals surface area contributed by atoms with E-state index in [9.17, 15) is 4.79 Å². The molecule has 5 heteroatoms. The summed E-state index contributed by atoms with van der Waals surface area (Å²) in [5, 5.41) is 0.112. The predicted molar refractivity (Wildman–Crippen MR) is 83.1 cm³/mol. The van der Waals surface area contributed by atoms with Gasteiger partial charge in [-0.1, -0.05) is 25.1 Å². The van der Waals surface area contributed by atoms with Crippen LogP contribution >= 0.6 is 11.8 Å². The van der Waals surface area contributed by atoms with Gasteiger partial charge in [-0.2, -0.15) is 11.8 Å². The fourth-order valence-electron chi connectivity index (χ4n) is 1.93. The molecular formula is C15H23NO3S. The Hall–Kier alpha value is -1.20. The Balaban J connectivity index is 2.81. The minimum Gasteiger partial charge on any atom is -0.496 e. The molecule has 1 aromatic rings. The van der Waals surface area contributed by atoms with Crippen LogP contribution in [0.5, 0.6) is 5.75 Å². The number of nitrogens with two attached hydrogens (primary N) is 1. The van der Waals surface area contributed by atoms with Crippen LogP contribution in [-0.4, -0.2) is 32.0 Å². The van der Waals surface area contributed by atoms with Gasteiger partial charge in [0.05, 0.1) is 20.6 Å². The maximum atomic E-state index is 11.2. The number of hydrogen-bond donors (Lipinski definition) is 1. The van der Waals surface area contributed by atoms with E-state index in [0.29, 0.717) is 12.2 Å². The molecule has 0 amide bonds. The van der Waals surface area contributed by atoms with Crippen LogP contribution < -0.4 is 10.5 Å². The number of para-hydroxylation sites is 1. The average Bonchev–Trinajstić information content (AvgIpc) is 2.50. The van der Waals surface area contributed by atoms with Crippen molar-refractivity contribution in [2.24, 2.45) is 5.73 Å². The van der Waals surface area contributed by atoms with Crippen LogP contribution in [-0.2, 0) is 9.53 Å². The van der Waals surface area contributed by atoms with Crippen LogP contribution in [0, 0.1) is 0 Å². The minimum absolute atomic E-state index is 0.0222. The molecule has 2 atom stereocenters. The highest BCUT2D eigenvalue weighted by Gasteiger charge is 2.22. The van der Waals surface area contributed by atoms with Gasteiger partial charge in [0.15, 0.2) is 0 Å². The molecule has 0 spiro atoms. The topological polar surface area (TPSA) is 61.6 Å². The van der Waals surface area contributed by atoms with E-state index >= 15 is 0 Å². The van der Waals surface area contributed by atoms with E-state index < -0.39 is 0 Å². The molecule has 0 aliphatic rings. The lowest BCUT2D eigenvalue weighted by Crippen LogP contribution is -2.26. The SMILES string of the molecule is CCC(N)C(SCCC(=O)OC)c1ccccc1OC. The molecule has 0 fully saturated rings. The Morgan fingerprint density at radius 2 is 2.05 bits per heavy atom. The summed E-state index contributed by atoms with van der Waals surface area (Å²) < 4.78 is 10.1. The summed E-state index contributed by atoms with van der Waals surface area (Å²) in [5.41, 5.74) is 7.31. The third-order valence-corrected chi connectivity index (χ3v) is 4.54. The van der Waals surface area contributed by atoms with Crippen molar-refractivity contribution in [2.75, 3.05) is 20.0 Å². The lowest BCUT2D eigenvalue weighted by Gasteiger charge is -2.24. The number of methoxy groups -OCH3 is 2. The summed E-state index contributed by atoms with van der Waals surface area (Å²) in [5.74, 6) is 1.33. The van der Waals surface area contributed by atoms with Gasteiger partial charge < -0.3 is 15.2 Å². The Kier molecular flexibility index (Phi) is 7.47. The Morgan fingerprint density at radius 3 is 2.65 bits per heavy atom. The molecule has 112 valence electrons. The zero-order valence-electron chi connectivity index (χ0n) is 12.3. The van der Waals surface area contributed by atoms with Crippen molar-refractivity contribution in [3.05, 3.63) is 29.8 Å². The number of hydrogen-bond acceptors (Lipinski definition) is 5. The standard InChI is InChI=1S/C15H23NO3S/c1-4-12(16)15(20-10-9-14(17)19-3)11-7-5-6-8-13(11)18-2/h5-8,12,15H,4,9-10,16H2,1-3H3. The van der Waals surface area contributed by atoms with Crippen LogP contribution in [0.4, 0.5) is 0 Å². The molecule has 4 nitrogen and oxygen atoms in total. The Bertz CT molecular complexity index is 425. The normalized spacial score (nSPS) is 13.6. The van der Waals surface area contributed by atoms with Crippen LogP contribution in [0.15, 0.2) is 24.3 Å². The molecule has 0 saturated heterocycles. The van der Waals surface area contributed by atoms with Crippen molar-refractivity contribution in [1.29, 1.82) is 0 Å². The number of rotatable bonds is 8. The third-order valence-electron chi connectivity index (χ3n) is 3.14. The van der Waals surface area contributed by atoms with E-state index in [-0.39, 0.29) is 17.3 Å². The van der Waals surface area contributed by atoms with Crippen molar-refractivity contribution in [1.82, 2.24) is 0 Å². The second-order valence-corrected chi connectivity index (χ2v) is 5.68. The van der Waals surface area contributed by atoms with Gasteiger partial charge in [0.25, 0.3) is 0 Å². The fourth-order valence-corrected chi connectivity index (χ4v) is 3.28. The Labute approximate surface area is 125 Å². The third kappa shape index (κ3) is 4.72. The largest absolute Gasteiger partial charge is 0.496 e. The second kappa shape index (κ2) is 8.87. The molecule has 0 aliphatic carbocycles. The smallest absolute Gasteiger partial charge is 0.306 e. The van der Waals surface area contributed by atoms with E-state index in [1.54, 1.807) is 18.9 Å². The van der Waals surface area contributed by atoms with E-state index in [2.05, 4.69) is 11.7 Å². The maximum absolute atomic E-state index is 11.2. The van der Waals surface area contributed by atoms with Crippen molar-refractivity contribution in [2.45, 2.75) is 31.1 Å². The highest BCUT2D eigenvalue weighted by atomic mass is 32.2. The molecule has 0 bridgehead atoms. The number of benzene rings is 1. The molecule has 1 aromatic carbocycles. The van der Waals surface area contributed by atoms with Gasteiger partial charge in [-0.15, -0.1) is 0 Å². The average molecular weight is 297 g/mol. The van der Waals surface area contributed by atoms with Gasteiger partial charge in [0.1, 0.15) is 5.75 Å². The summed E-state index contributed by atoms with van der Waals surface area (Å²) in [4.78, 5) is 11.2. The summed E-state index contributed by atoms with van der Waals surface area (Å²) in [6, 6.07) is 7.91. The summed E-state index contributed by atoms with van der Waals surface area (Å²) >= 11 is 1.67. The number of carbonyl (C=O) groups excluding carboxylic acids is 1. The van der Waals surface area contributed by atoms with E-state index in [4.69, 9.17) is 10.5 Å². The quantitative estimate of drug-likeness (QED) is 0.748. The minimum atomic E-state index is -0.193. The van der Waals surface area contributed by atoms with Crippen molar-refractivity contribution < 1.29 is 14.3 Å². The van der Waals surface area contributed by atoms with Crippen LogP contribution in [0.1, 0.15) is 30.6 Å². The summed E-state index contributed by atoms with van der Waals surface area (Å²) in [6.45, 7) is 2.06. The van der Waals surface area contributed by atoms with Crippen LogP contribution in [0.2, 0.25) is 0 Å². The summed E-state index contributed by atoms with van der Waals surface area (Å²) in [6.07, 6.45) is 1.26. The molecule has 1 rings (SSSR count). The molecule has 0 aliphatic heterocycles. The number of esters is 1. The van der Waals surface area contributed by atoms with Gasteiger partial charge >= 0.3 is 5.97 Å². The molecular weight excluding hydrogens is 274 g/mol. The van der Waals surface area contributed by atoms with Crippen molar-refractivity contribution in [3.63, 3.8) is 0 Å². The number of thioether (sulfide) groups is 1. The molecule has 0 heterocycles. The highest BCUT2D eigenvalue weighted by Crippen LogP contribution is 2.38. The first-order valence-corrected chi connectivity index (χ1v) is 7.75. The molecule has 0 radical (unpaired) electrons. The number of ether oxygens (including phenoxy) is 2. The van der Waals surface area contributed by atoms with Gasteiger partial charge in [0, 0.05) is 22.6 Å². The van der Waals surface area contributed by atoms with Gasteiger partial charge in [-0.3, -0.25) is 4.79 Å². The van der Waals surface area contributed by atoms with E-state index in [1.807, 2.05) is 24.3 Å². The fraction of sp³-hybridized carbons (Fsp3) is 0.533. The summed E-state index contributed by atoms with van der Waals surface area (Å²) in [7, 11) is 3.06. The van der Waals surface area contributed by atoms with Crippen LogP contribution in [0.25, 0.3) is 0 Å². The molecule has 0 saturated carbocycles. The first kappa shape index (κ1) is 16.9. The first-order chi connectivity index (χ1) is 9.63.